The Morgan fingerprint density at radius 2 is 2.16 bits per heavy atom. The molecule has 0 saturated carbocycles. The van der Waals surface area contributed by atoms with Crippen LogP contribution in [-0.2, 0) is 9.59 Å². The highest BCUT2D eigenvalue weighted by molar-refractivity contribution is 6.02. The van der Waals surface area contributed by atoms with Crippen LogP contribution in [0.3, 0.4) is 0 Å². The molecular formula is C11H12N4O4. The molecule has 1 aliphatic heterocycles. The van der Waals surface area contributed by atoms with Gasteiger partial charge < -0.3 is 16.4 Å². The first-order valence-electron chi connectivity index (χ1n) is 5.53. The van der Waals surface area contributed by atoms with Gasteiger partial charge in [0, 0.05) is 25.1 Å². The number of nitrogen functional groups attached to an aromatic ring is 1. The number of carbonyl (C=O) groups is 2. The fourth-order valence-electron chi connectivity index (χ4n) is 2.01. The minimum Gasteiger partial charge on any atom is -0.397 e. The maximum Gasteiger partial charge on any atom is 0.271 e. The number of nitrogens with zero attached hydrogens (tertiary/aromatic N) is 2. The summed E-state index contributed by atoms with van der Waals surface area (Å²) in [5, 5.41) is 10.7. The lowest BCUT2D eigenvalue weighted by molar-refractivity contribution is -0.384. The van der Waals surface area contributed by atoms with Crippen LogP contribution < -0.4 is 16.4 Å². The van der Waals surface area contributed by atoms with E-state index in [2.05, 4.69) is 0 Å². The van der Waals surface area contributed by atoms with Crippen LogP contribution in [0.15, 0.2) is 18.2 Å². The Morgan fingerprint density at radius 3 is 2.68 bits per heavy atom. The summed E-state index contributed by atoms with van der Waals surface area (Å²) in [5.74, 6) is -1.48. The van der Waals surface area contributed by atoms with Crippen molar-refractivity contribution in [2.24, 2.45) is 11.7 Å². The molecule has 0 aliphatic carbocycles. The van der Waals surface area contributed by atoms with Gasteiger partial charge in [-0.05, 0) is 6.07 Å². The minimum atomic E-state index is -0.592. The Balaban J connectivity index is 2.36. The molecule has 4 N–H and O–H groups in total. The number of nitrogens with two attached hydrogens (primary N) is 2. The maximum atomic E-state index is 11.8. The lowest BCUT2D eigenvalue weighted by atomic mass is 10.1. The third kappa shape index (κ3) is 2.32. The fourth-order valence-corrected chi connectivity index (χ4v) is 2.01. The van der Waals surface area contributed by atoms with Gasteiger partial charge in [0.15, 0.2) is 0 Å². The van der Waals surface area contributed by atoms with E-state index in [4.69, 9.17) is 11.5 Å². The molecule has 1 aromatic rings. The average Bonchev–Trinajstić information content (AvgIpc) is 2.72. The Kier molecular flexibility index (Phi) is 3.07. The van der Waals surface area contributed by atoms with Gasteiger partial charge in [0.05, 0.1) is 22.2 Å². The van der Waals surface area contributed by atoms with Crippen LogP contribution in [0.1, 0.15) is 6.42 Å². The Labute approximate surface area is 108 Å². The van der Waals surface area contributed by atoms with Crippen LogP contribution >= 0.6 is 0 Å². The van der Waals surface area contributed by atoms with Gasteiger partial charge in [0.25, 0.3) is 5.69 Å². The first-order chi connectivity index (χ1) is 8.90. The first kappa shape index (κ1) is 12.8. The van der Waals surface area contributed by atoms with Crippen molar-refractivity contribution in [1.82, 2.24) is 0 Å². The van der Waals surface area contributed by atoms with Gasteiger partial charge in [-0.2, -0.15) is 0 Å². The number of benzene rings is 1. The lowest BCUT2D eigenvalue weighted by Crippen LogP contribution is -2.29. The summed E-state index contributed by atoms with van der Waals surface area (Å²) >= 11 is 0. The molecule has 2 amide bonds. The van der Waals surface area contributed by atoms with Gasteiger partial charge in [-0.25, -0.2) is 0 Å². The number of carbonyl (C=O) groups excluding carboxylic acids is 2. The Hall–Kier alpha value is -2.64. The van der Waals surface area contributed by atoms with Gasteiger partial charge in [0.2, 0.25) is 11.8 Å². The minimum absolute atomic E-state index is 0.00251. The summed E-state index contributed by atoms with van der Waals surface area (Å²) in [7, 11) is 0. The molecule has 1 saturated heterocycles. The molecule has 100 valence electrons. The third-order valence-electron chi connectivity index (χ3n) is 3.04. The largest absolute Gasteiger partial charge is 0.397 e. The van der Waals surface area contributed by atoms with E-state index in [-0.39, 0.29) is 35.9 Å². The normalized spacial score (nSPS) is 18.6. The second-order valence-corrected chi connectivity index (χ2v) is 4.31. The quantitative estimate of drug-likeness (QED) is 0.451. The molecule has 0 aromatic heterocycles. The summed E-state index contributed by atoms with van der Waals surface area (Å²) in [6, 6.07) is 3.83. The molecule has 1 heterocycles. The van der Waals surface area contributed by atoms with Crippen molar-refractivity contribution in [1.29, 1.82) is 0 Å². The number of nitro benzene ring substituents is 1. The van der Waals surface area contributed by atoms with Gasteiger partial charge >= 0.3 is 0 Å². The number of rotatable bonds is 3. The molecule has 8 heteroatoms. The lowest BCUT2D eigenvalue weighted by Gasteiger charge is -2.18. The number of amides is 2. The molecule has 1 aromatic carbocycles. The highest BCUT2D eigenvalue weighted by Gasteiger charge is 2.35. The second kappa shape index (κ2) is 4.56. The Morgan fingerprint density at radius 1 is 1.47 bits per heavy atom. The third-order valence-corrected chi connectivity index (χ3v) is 3.04. The van der Waals surface area contributed by atoms with Crippen LogP contribution in [0.5, 0.6) is 0 Å². The number of hydrogen-bond donors (Lipinski definition) is 2. The van der Waals surface area contributed by atoms with Crippen LogP contribution in [0.25, 0.3) is 0 Å². The predicted molar refractivity (Wildman–Crippen MR) is 67.2 cm³/mol. The molecule has 1 aliphatic rings. The van der Waals surface area contributed by atoms with E-state index in [0.29, 0.717) is 0 Å². The van der Waals surface area contributed by atoms with Crippen molar-refractivity contribution in [3.63, 3.8) is 0 Å². The van der Waals surface area contributed by atoms with E-state index in [1.807, 2.05) is 0 Å². The molecular weight excluding hydrogens is 252 g/mol. The molecule has 0 radical (unpaired) electrons. The number of nitro groups is 1. The van der Waals surface area contributed by atoms with Crippen LogP contribution in [0.2, 0.25) is 0 Å². The highest BCUT2D eigenvalue weighted by atomic mass is 16.6. The molecule has 0 spiro atoms. The Bertz CT molecular complexity index is 572. The topological polar surface area (TPSA) is 133 Å². The van der Waals surface area contributed by atoms with Crippen LogP contribution in [0, 0.1) is 16.0 Å². The number of primary amides is 1. The summed E-state index contributed by atoms with van der Waals surface area (Å²) in [4.78, 5) is 34.3. The SMILES string of the molecule is NC(=O)C1CC(=O)N(c2cc([N+](=O)[O-])ccc2N)C1. The summed E-state index contributed by atoms with van der Waals surface area (Å²) in [6.07, 6.45) is -0.00251. The molecule has 1 unspecified atom stereocenters. The van der Waals surface area contributed by atoms with E-state index in [1.54, 1.807) is 0 Å². The molecule has 1 fully saturated rings. The standard InChI is InChI=1S/C11H12N4O4/c12-8-2-1-7(15(18)19)4-9(8)14-5-6(11(13)17)3-10(14)16/h1-2,4,6H,3,5,12H2,(H2,13,17). The van der Waals surface area contributed by atoms with Gasteiger partial charge in [-0.15, -0.1) is 0 Å². The molecule has 1 atom stereocenters. The van der Waals surface area contributed by atoms with E-state index >= 15 is 0 Å². The summed E-state index contributed by atoms with van der Waals surface area (Å²) in [6.45, 7) is 0.0968. The van der Waals surface area contributed by atoms with Crippen molar-refractivity contribution in [3.8, 4) is 0 Å². The second-order valence-electron chi connectivity index (χ2n) is 4.31. The molecule has 2 rings (SSSR count). The van der Waals surface area contributed by atoms with Gasteiger partial charge in [0.1, 0.15) is 0 Å². The fraction of sp³-hybridized carbons (Fsp3) is 0.273. The van der Waals surface area contributed by atoms with Crippen molar-refractivity contribution >= 4 is 28.9 Å². The molecule has 0 bridgehead atoms. The van der Waals surface area contributed by atoms with E-state index in [0.717, 1.165) is 0 Å². The predicted octanol–water partition coefficient (Wildman–Crippen LogP) is 0.0152. The van der Waals surface area contributed by atoms with Gasteiger partial charge in [-0.1, -0.05) is 0 Å². The monoisotopic (exact) mass is 264 g/mol. The van der Waals surface area contributed by atoms with Crippen molar-refractivity contribution in [2.75, 3.05) is 17.2 Å². The van der Waals surface area contributed by atoms with Crippen LogP contribution in [-0.4, -0.2) is 23.3 Å². The number of hydrogen-bond acceptors (Lipinski definition) is 5. The maximum absolute atomic E-state index is 11.8. The zero-order chi connectivity index (χ0) is 14.2. The highest BCUT2D eigenvalue weighted by Crippen LogP contribution is 2.32. The van der Waals surface area contributed by atoms with E-state index < -0.39 is 16.7 Å². The summed E-state index contributed by atoms with van der Waals surface area (Å²) in [5.41, 5.74) is 11.2. The number of anilines is 2. The average molecular weight is 264 g/mol. The smallest absolute Gasteiger partial charge is 0.271 e. The van der Waals surface area contributed by atoms with Crippen molar-refractivity contribution in [3.05, 3.63) is 28.3 Å². The molecule has 8 nitrogen and oxygen atoms in total. The zero-order valence-corrected chi connectivity index (χ0v) is 9.91. The first-order valence-corrected chi connectivity index (χ1v) is 5.53. The number of non-ortho nitro benzene ring substituents is 1. The zero-order valence-electron chi connectivity index (χ0n) is 9.91. The molecule has 19 heavy (non-hydrogen) atoms. The van der Waals surface area contributed by atoms with Gasteiger partial charge in [-0.3, -0.25) is 19.7 Å². The van der Waals surface area contributed by atoms with Crippen molar-refractivity contribution < 1.29 is 14.5 Å². The van der Waals surface area contributed by atoms with E-state index in [9.17, 15) is 19.7 Å². The summed E-state index contributed by atoms with van der Waals surface area (Å²) < 4.78 is 0. The van der Waals surface area contributed by atoms with E-state index in [1.165, 1.54) is 23.1 Å². The van der Waals surface area contributed by atoms with Crippen molar-refractivity contribution in [2.45, 2.75) is 6.42 Å². The van der Waals surface area contributed by atoms with Crippen LogP contribution in [0.4, 0.5) is 17.1 Å².